The fraction of sp³-hybridized carbons (Fsp3) is 0.625. The highest BCUT2D eigenvalue weighted by atomic mass is 16.5. The second kappa shape index (κ2) is 5.41. The lowest BCUT2D eigenvalue weighted by atomic mass is 9.80. The molecular formula is C16H26N2O. The molecule has 19 heavy (non-hydrogen) atoms. The molecule has 1 fully saturated rings. The molecule has 1 aliphatic rings. The summed E-state index contributed by atoms with van der Waals surface area (Å²) >= 11 is 0. The summed E-state index contributed by atoms with van der Waals surface area (Å²) in [6, 6.07) is 2.57. The highest BCUT2D eigenvalue weighted by Crippen LogP contribution is 2.35. The Kier molecular flexibility index (Phi) is 4.04. The SMILES string of the molecule is COc1cc(C)c(N(C)CC2CC(N)C2)c(C)c1C. The van der Waals surface area contributed by atoms with Crippen molar-refractivity contribution in [1.82, 2.24) is 0 Å². The van der Waals surface area contributed by atoms with Gasteiger partial charge in [-0.1, -0.05) is 0 Å². The van der Waals surface area contributed by atoms with Gasteiger partial charge >= 0.3 is 0 Å². The Balaban J connectivity index is 2.21. The molecule has 0 radical (unpaired) electrons. The molecule has 0 aliphatic heterocycles. The van der Waals surface area contributed by atoms with Crippen molar-refractivity contribution >= 4 is 5.69 Å². The summed E-state index contributed by atoms with van der Waals surface area (Å²) in [6.07, 6.45) is 2.33. The molecular weight excluding hydrogens is 236 g/mol. The fourth-order valence-corrected chi connectivity index (χ4v) is 3.25. The molecule has 2 N–H and O–H groups in total. The average molecular weight is 262 g/mol. The number of nitrogens with two attached hydrogens (primary N) is 1. The van der Waals surface area contributed by atoms with Crippen LogP contribution >= 0.6 is 0 Å². The molecule has 0 bridgehead atoms. The van der Waals surface area contributed by atoms with Crippen LogP contribution in [0.25, 0.3) is 0 Å². The molecule has 0 spiro atoms. The van der Waals surface area contributed by atoms with E-state index >= 15 is 0 Å². The van der Waals surface area contributed by atoms with Crippen LogP contribution in [-0.2, 0) is 0 Å². The minimum Gasteiger partial charge on any atom is -0.496 e. The number of hydrogen-bond donors (Lipinski definition) is 1. The highest BCUT2D eigenvalue weighted by Gasteiger charge is 2.27. The summed E-state index contributed by atoms with van der Waals surface area (Å²) in [6.45, 7) is 7.57. The van der Waals surface area contributed by atoms with E-state index in [2.05, 4.69) is 38.8 Å². The second-order valence-corrected chi connectivity index (χ2v) is 5.97. The summed E-state index contributed by atoms with van der Waals surface area (Å²) in [5.41, 5.74) is 11.1. The maximum absolute atomic E-state index is 5.87. The standard InChI is InChI=1S/C16H26N2O/c1-10-6-15(19-5)11(2)12(3)16(10)18(4)9-13-7-14(17)8-13/h6,13-14H,7-9,17H2,1-5H3. The normalized spacial score (nSPS) is 22.0. The number of hydrogen-bond acceptors (Lipinski definition) is 3. The molecule has 0 amide bonds. The van der Waals surface area contributed by atoms with E-state index in [1.54, 1.807) is 7.11 Å². The second-order valence-electron chi connectivity index (χ2n) is 5.97. The first kappa shape index (κ1) is 14.2. The molecule has 1 aromatic carbocycles. The predicted molar refractivity (Wildman–Crippen MR) is 81.2 cm³/mol. The van der Waals surface area contributed by atoms with Gasteiger partial charge in [0.1, 0.15) is 5.75 Å². The van der Waals surface area contributed by atoms with Crippen LogP contribution in [0.15, 0.2) is 6.07 Å². The molecule has 0 atom stereocenters. The van der Waals surface area contributed by atoms with Gasteiger partial charge in [0.15, 0.2) is 0 Å². The van der Waals surface area contributed by atoms with Crippen LogP contribution in [0, 0.1) is 26.7 Å². The average Bonchev–Trinajstić information content (AvgIpc) is 2.32. The third kappa shape index (κ3) is 2.71. The molecule has 0 heterocycles. The predicted octanol–water partition coefficient (Wildman–Crippen LogP) is 2.79. The highest BCUT2D eigenvalue weighted by molar-refractivity contribution is 5.64. The zero-order chi connectivity index (χ0) is 14.2. The number of methoxy groups -OCH3 is 1. The molecule has 0 saturated heterocycles. The van der Waals surface area contributed by atoms with Crippen molar-refractivity contribution in [3.63, 3.8) is 0 Å². The first-order valence-corrected chi connectivity index (χ1v) is 7.05. The van der Waals surface area contributed by atoms with Crippen LogP contribution in [0.2, 0.25) is 0 Å². The third-order valence-electron chi connectivity index (χ3n) is 4.41. The molecule has 1 aromatic rings. The number of rotatable bonds is 4. The molecule has 1 saturated carbocycles. The number of benzene rings is 1. The lowest BCUT2D eigenvalue weighted by molar-refractivity contribution is 0.271. The summed E-state index contributed by atoms with van der Waals surface area (Å²) in [5.74, 6) is 1.74. The van der Waals surface area contributed by atoms with Crippen molar-refractivity contribution in [3.05, 3.63) is 22.8 Å². The van der Waals surface area contributed by atoms with Gasteiger partial charge in [0.2, 0.25) is 0 Å². The Morgan fingerprint density at radius 3 is 2.42 bits per heavy atom. The van der Waals surface area contributed by atoms with E-state index < -0.39 is 0 Å². The quantitative estimate of drug-likeness (QED) is 0.907. The van der Waals surface area contributed by atoms with E-state index in [9.17, 15) is 0 Å². The Morgan fingerprint density at radius 2 is 1.89 bits per heavy atom. The van der Waals surface area contributed by atoms with Crippen LogP contribution < -0.4 is 15.4 Å². The van der Waals surface area contributed by atoms with Gasteiger partial charge in [-0.05, 0) is 62.3 Å². The van der Waals surface area contributed by atoms with Crippen LogP contribution in [-0.4, -0.2) is 26.7 Å². The smallest absolute Gasteiger partial charge is 0.122 e. The van der Waals surface area contributed by atoms with E-state index in [1.165, 1.54) is 22.4 Å². The first-order valence-electron chi connectivity index (χ1n) is 7.05. The monoisotopic (exact) mass is 262 g/mol. The molecule has 0 aromatic heterocycles. The van der Waals surface area contributed by atoms with Gasteiger partial charge in [-0.15, -0.1) is 0 Å². The minimum absolute atomic E-state index is 0.429. The first-order chi connectivity index (χ1) is 8.93. The zero-order valence-electron chi connectivity index (χ0n) is 12.8. The fourth-order valence-electron chi connectivity index (χ4n) is 3.25. The third-order valence-corrected chi connectivity index (χ3v) is 4.41. The molecule has 0 unspecified atom stereocenters. The summed E-state index contributed by atoms with van der Waals surface area (Å²) < 4.78 is 5.43. The van der Waals surface area contributed by atoms with E-state index in [0.717, 1.165) is 31.1 Å². The van der Waals surface area contributed by atoms with E-state index in [0.29, 0.717) is 6.04 Å². The van der Waals surface area contributed by atoms with Crippen LogP contribution in [0.3, 0.4) is 0 Å². The summed E-state index contributed by atoms with van der Waals surface area (Å²) in [4.78, 5) is 2.38. The maximum atomic E-state index is 5.87. The van der Waals surface area contributed by atoms with Gasteiger partial charge in [-0.3, -0.25) is 0 Å². The Labute approximate surface area is 116 Å². The van der Waals surface area contributed by atoms with Gasteiger partial charge in [0, 0.05) is 25.3 Å². The number of nitrogens with zero attached hydrogens (tertiary/aromatic N) is 1. The Bertz CT molecular complexity index is 464. The van der Waals surface area contributed by atoms with E-state index in [4.69, 9.17) is 10.5 Å². The van der Waals surface area contributed by atoms with Crippen molar-refractivity contribution in [3.8, 4) is 5.75 Å². The molecule has 2 rings (SSSR count). The molecule has 106 valence electrons. The van der Waals surface area contributed by atoms with Crippen LogP contribution in [0.5, 0.6) is 5.75 Å². The van der Waals surface area contributed by atoms with Crippen molar-refractivity contribution in [1.29, 1.82) is 0 Å². The topological polar surface area (TPSA) is 38.5 Å². The van der Waals surface area contributed by atoms with Gasteiger partial charge in [-0.2, -0.15) is 0 Å². The van der Waals surface area contributed by atoms with Gasteiger partial charge in [-0.25, -0.2) is 0 Å². The van der Waals surface area contributed by atoms with Crippen molar-refractivity contribution in [2.45, 2.75) is 39.7 Å². The number of anilines is 1. The summed E-state index contributed by atoms with van der Waals surface area (Å²) in [7, 11) is 3.92. The van der Waals surface area contributed by atoms with Crippen molar-refractivity contribution in [2.24, 2.45) is 11.7 Å². The van der Waals surface area contributed by atoms with E-state index in [1.807, 2.05) is 0 Å². The minimum atomic E-state index is 0.429. The van der Waals surface area contributed by atoms with E-state index in [-0.39, 0.29) is 0 Å². The van der Waals surface area contributed by atoms with Gasteiger partial charge < -0.3 is 15.4 Å². The Hall–Kier alpha value is -1.22. The zero-order valence-corrected chi connectivity index (χ0v) is 12.8. The Morgan fingerprint density at radius 1 is 1.26 bits per heavy atom. The lowest BCUT2D eigenvalue weighted by Gasteiger charge is -2.37. The molecule has 3 heteroatoms. The van der Waals surface area contributed by atoms with Crippen molar-refractivity contribution in [2.75, 3.05) is 25.6 Å². The number of ether oxygens (including phenoxy) is 1. The molecule has 3 nitrogen and oxygen atoms in total. The molecule has 1 aliphatic carbocycles. The van der Waals surface area contributed by atoms with Crippen molar-refractivity contribution < 1.29 is 4.74 Å². The number of aryl methyl sites for hydroxylation is 1. The van der Waals surface area contributed by atoms with Crippen LogP contribution in [0.1, 0.15) is 29.5 Å². The summed E-state index contributed by atoms with van der Waals surface area (Å²) in [5, 5.41) is 0. The van der Waals surface area contributed by atoms with Crippen LogP contribution in [0.4, 0.5) is 5.69 Å². The van der Waals surface area contributed by atoms with Gasteiger partial charge in [0.05, 0.1) is 7.11 Å². The largest absolute Gasteiger partial charge is 0.496 e. The van der Waals surface area contributed by atoms with Gasteiger partial charge in [0.25, 0.3) is 0 Å². The lowest BCUT2D eigenvalue weighted by Crippen LogP contribution is -2.42. The maximum Gasteiger partial charge on any atom is 0.122 e.